The highest BCUT2D eigenvalue weighted by atomic mass is 32.2. The van der Waals surface area contributed by atoms with Crippen LogP contribution in [0.15, 0.2) is 53.4 Å². The molecule has 2 aromatic carbocycles. The average Bonchev–Trinajstić information content (AvgIpc) is 2.71. The van der Waals surface area contributed by atoms with Gasteiger partial charge in [-0.2, -0.15) is 0 Å². The van der Waals surface area contributed by atoms with Crippen LogP contribution in [0.2, 0.25) is 0 Å². The molecule has 1 N–H and O–H groups in total. The minimum atomic E-state index is -3.70. The summed E-state index contributed by atoms with van der Waals surface area (Å²) in [5, 5.41) is 3.12. The Labute approximate surface area is 161 Å². The molecule has 1 heterocycles. The Kier molecular flexibility index (Phi) is 5.04. The van der Waals surface area contributed by atoms with Crippen LogP contribution in [0.4, 0.5) is 5.69 Å². The molecule has 1 aliphatic rings. The van der Waals surface area contributed by atoms with Crippen molar-refractivity contribution < 1.29 is 13.2 Å². The Hall–Kier alpha value is -2.34. The molecule has 1 amide bonds. The molecule has 0 bridgehead atoms. The molecule has 5 nitrogen and oxygen atoms in total. The number of carbonyl (C=O) groups excluding carboxylic acids is 1. The van der Waals surface area contributed by atoms with Crippen LogP contribution in [-0.2, 0) is 14.8 Å². The molecule has 1 atom stereocenters. The summed E-state index contributed by atoms with van der Waals surface area (Å²) in [6.07, 6.45) is 1.66. The van der Waals surface area contributed by atoms with Crippen molar-refractivity contribution >= 4 is 21.6 Å². The van der Waals surface area contributed by atoms with Crippen LogP contribution < -0.4 is 9.62 Å². The molecule has 0 radical (unpaired) electrons. The Morgan fingerprint density at radius 2 is 1.67 bits per heavy atom. The number of carbonyl (C=O) groups is 1. The molecule has 0 fully saturated rings. The lowest BCUT2D eigenvalue weighted by molar-refractivity contribution is -0.130. The Morgan fingerprint density at radius 3 is 2.33 bits per heavy atom. The number of anilines is 1. The van der Waals surface area contributed by atoms with Crippen molar-refractivity contribution in [2.75, 3.05) is 11.4 Å². The number of hydrogen-bond acceptors (Lipinski definition) is 3. The van der Waals surface area contributed by atoms with Crippen molar-refractivity contribution in [2.24, 2.45) is 5.41 Å². The van der Waals surface area contributed by atoms with Gasteiger partial charge in [-0.1, -0.05) is 63.6 Å². The first-order valence-electron chi connectivity index (χ1n) is 9.18. The Balaban J connectivity index is 2.19. The molecule has 0 saturated carbocycles. The first-order chi connectivity index (χ1) is 12.7. The van der Waals surface area contributed by atoms with E-state index in [1.165, 1.54) is 4.31 Å². The Bertz CT molecular complexity index is 967. The number of sulfonamides is 1. The summed E-state index contributed by atoms with van der Waals surface area (Å²) < 4.78 is 27.6. The molecular formula is C21H26N2O3S. The number of nitrogens with one attached hydrogen (secondary N) is 1. The molecule has 27 heavy (non-hydrogen) atoms. The fourth-order valence-electron chi connectivity index (χ4n) is 3.64. The smallest absolute Gasteiger partial charge is 0.264 e. The average molecular weight is 387 g/mol. The molecule has 0 aromatic heterocycles. The fraction of sp³-hybridized carbons (Fsp3) is 0.381. The van der Waals surface area contributed by atoms with Crippen LogP contribution >= 0.6 is 0 Å². The van der Waals surface area contributed by atoms with E-state index in [0.29, 0.717) is 11.3 Å². The Morgan fingerprint density at radius 1 is 1.07 bits per heavy atom. The third-order valence-corrected chi connectivity index (χ3v) is 7.07. The first-order valence-corrected chi connectivity index (χ1v) is 10.6. The van der Waals surface area contributed by atoms with Crippen LogP contribution in [0.3, 0.4) is 0 Å². The van der Waals surface area contributed by atoms with Gasteiger partial charge in [0.25, 0.3) is 10.0 Å². The molecule has 3 rings (SSSR count). The largest absolute Gasteiger partial charge is 0.345 e. The minimum Gasteiger partial charge on any atom is -0.345 e. The maximum absolute atomic E-state index is 13.1. The number of amides is 1. The zero-order valence-electron chi connectivity index (χ0n) is 16.2. The van der Waals surface area contributed by atoms with Crippen molar-refractivity contribution in [2.45, 2.75) is 44.6 Å². The summed E-state index contributed by atoms with van der Waals surface area (Å²) in [4.78, 5) is 13.2. The number of fused-ring (bicyclic) bond motifs is 2. The number of benzene rings is 2. The lowest BCUT2D eigenvalue weighted by Gasteiger charge is -2.28. The van der Waals surface area contributed by atoms with Gasteiger partial charge in [0.05, 0.1) is 16.6 Å². The molecule has 0 spiro atoms. The quantitative estimate of drug-likeness (QED) is 0.868. The summed E-state index contributed by atoms with van der Waals surface area (Å²) in [6.45, 7) is 5.89. The summed E-state index contributed by atoms with van der Waals surface area (Å²) in [5.41, 5.74) is 1.41. The highest BCUT2D eigenvalue weighted by molar-refractivity contribution is 7.92. The molecule has 1 unspecified atom stereocenters. The fourth-order valence-corrected chi connectivity index (χ4v) is 5.09. The second-order valence-electron chi connectivity index (χ2n) is 7.61. The maximum atomic E-state index is 13.1. The second-order valence-corrected chi connectivity index (χ2v) is 9.55. The molecule has 1 aliphatic heterocycles. The summed E-state index contributed by atoms with van der Waals surface area (Å²) >= 11 is 0. The molecule has 0 aliphatic carbocycles. The van der Waals surface area contributed by atoms with E-state index in [0.717, 1.165) is 18.4 Å². The zero-order valence-corrected chi connectivity index (χ0v) is 17.0. The summed E-state index contributed by atoms with van der Waals surface area (Å²) in [6, 6.07) is 13.7. The van der Waals surface area contributed by atoms with Gasteiger partial charge >= 0.3 is 0 Å². The molecule has 0 saturated heterocycles. The van der Waals surface area contributed by atoms with E-state index < -0.39 is 21.5 Å². The number of hydrogen-bond donors (Lipinski definition) is 1. The molecule has 144 valence electrons. The van der Waals surface area contributed by atoms with Gasteiger partial charge in [-0.05, 0) is 24.1 Å². The number of para-hydroxylation sites is 1. The van der Waals surface area contributed by atoms with Crippen LogP contribution in [0.25, 0.3) is 0 Å². The predicted molar refractivity (Wildman–Crippen MR) is 107 cm³/mol. The van der Waals surface area contributed by atoms with Crippen LogP contribution in [-0.4, -0.2) is 21.4 Å². The highest BCUT2D eigenvalue weighted by Crippen LogP contribution is 2.40. The van der Waals surface area contributed by atoms with Crippen molar-refractivity contribution in [1.82, 2.24) is 5.32 Å². The van der Waals surface area contributed by atoms with Crippen molar-refractivity contribution in [3.63, 3.8) is 0 Å². The van der Waals surface area contributed by atoms with Crippen molar-refractivity contribution in [3.05, 3.63) is 59.7 Å². The van der Waals surface area contributed by atoms with E-state index in [2.05, 4.69) is 5.32 Å². The first kappa shape index (κ1) is 19.4. The highest BCUT2D eigenvalue weighted by Gasteiger charge is 2.37. The van der Waals surface area contributed by atoms with E-state index >= 15 is 0 Å². The lowest BCUT2D eigenvalue weighted by atomic mass is 9.86. The SMILES string of the molecule is CCCC(C)(C)C(=O)NC1c2ccccc2N(C)S(=O)(=O)c2ccccc21. The monoisotopic (exact) mass is 386 g/mol. The van der Waals surface area contributed by atoms with Gasteiger partial charge in [-0.15, -0.1) is 0 Å². The van der Waals surface area contributed by atoms with E-state index in [1.807, 2.05) is 32.9 Å². The van der Waals surface area contributed by atoms with Gasteiger partial charge in [-0.3, -0.25) is 9.10 Å². The zero-order chi connectivity index (χ0) is 19.8. The third-order valence-electron chi connectivity index (χ3n) is 5.22. The number of nitrogens with zero attached hydrogens (tertiary/aromatic N) is 1. The molecule has 2 aromatic rings. The van der Waals surface area contributed by atoms with E-state index in [-0.39, 0.29) is 10.8 Å². The van der Waals surface area contributed by atoms with Crippen molar-refractivity contribution in [1.29, 1.82) is 0 Å². The van der Waals surface area contributed by atoms with Crippen molar-refractivity contribution in [3.8, 4) is 0 Å². The van der Waals surface area contributed by atoms with E-state index in [9.17, 15) is 13.2 Å². The van der Waals surface area contributed by atoms with Gasteiger partial charge in [0.15, 0.2) is 0 Å². The summed E-state index contributed by atoms with van der Waals surface area (Å²) in [7, 11) is -2.15. The number of rotatable bonds is 4. The van der Waals surface area contributed by atoms with Gasteiger partial charge in [0.2, 0.25) is 5.91 Å². The second kappa shape index (κ2) is 7.00. The topological polar surface area (TPSA) is 66.5 Å². The normalized spacial score (nSPS) is 18.2. The minimum absolute atomic E-state index is 0.0825. The van der Waals surface area contributed by atoms with Gasteiger partial charge < -0.3 is 5.32 Å². The van der Waals surface area contributed by atoms with Gasteiger partial charge in [-0.25, -0.2) is 8.42 Å². The molecular weight excluding hydrogens is 360 g/mol. The standard InChI is InChI=1S/C21H26N2O3S/c1-5-14-21(2,3)20(24)22-19-15-10-6-8-12-17(15)23(4)27(25,26)18-13-9-7-11-16(18)19/h6-13,19H,5,14H2,1-4H3,(H,22,24). The predicted octanol–water partition coefficient (Wildman–Crippen LogP) is 3.86. The van der Waals surface area contributed by atoms with Crippen LogP contribution in [0.5, 0.6) is 0 Å². The third kappa shape index (κ3) is 3.34. The van der Waals surface area contributed by atoms with Crippen LogP contribution in [0.1, 0.15) is 50.8 Å². The van der Waals surface area contributed by atoms with Gasteiger partial charge in [0, 0.05) is 18.0 Å². The van der Waals surface area contributed by atoms with E-state index in [4.69, 9.17) is 0 Å². The maximum Gasteiger partial charge on any atom is 0.264 e. The van der Waals surface area contributed by atoms with Gasteiger partial charge in [0.1, 0.15) is 0 Å². The summed E-state index contributed by atoms with van der Waals surface area (Å²) in [5.74, 6) is -0.0825. The van der Waals surface area contributed by atoms with Crippen LogP contribution in [0, 0.1) is 5.41 Å². The van der Waals surface area contributed by atoms with E-state index in [1.54, 1.807) is 43.4 Å². The lowest BCUT2D eigenvalue weighted by Crippen LogP contribution is -2.39. The molecule has 6 heteroatoms.